The van der Waals surface area contributed by atoms with Crippen molar-refractivity contribution in [3.05, 3.63) is 76.3 Å². The fraction of sp³-hybridized carbons (Fsp3) is 0.240. The molecule has 1 atom stereocenters. The number of amides is 3. The molecule has 0 saturated heterocycles. The van der Waals surface area contributed by atoms with E-state index in [-0.39, 0.29) is 30.8 Å². The summed E-state index contributed by atoms with van der Waals surface area (Å²) in [4.78, 5) is 42.2. The van der Waals surface area contributed by atoms with Crippen LogP contribution in [-0.4, -0.2) is 41.8 Å². The molecule has 7 heteroatoms. The molecule has 1 aliphatic rings. The van der Waals surface area contributed by atoms with Crippen LogP contribution in [0.2, 0.25) is 0 Å². The van der Waals surface area contributed by atoms with Gasteiger partial charge in [-0.1, -0.05) is 52.3 Å². The third-order valence-electron chi connectivity index (χ3n) is 5.73. The van der Waals surface area contributed by atoms with E-state index in [0.29, 0.717) is 12.1 Å². The van der Waals surface area contributed by atoms with Crippen LogP contribution in [0.5, 0.6) is 0 Å². The Hall–Kier alpha value is -3.19. The van der Waals surface area contributed by atoms with E-state index in [1.807, 2.05) is 61.5 Å². The summed E-state index contributed by atoms with van der Waals surface area (Å²) in [6.45, 7) is 4.16. The third kappa shape index (κ3) is 4.12. The first-order valence-electron chi connectivity index (χ1n) is 10.6. The zero-order valence-corrected chi connectivity index (χ0v) is 19.6. The maximum absolute atomic E-state index is 13.5. The quantitative estimate of drug-likeness (QED) is 0.538. The van der Waals surface area contributed by atoms with Crippen molar-refractivity contribution in [3.63, 3.8) is 0 Å². The molecule has 164 valence electrons. The van der Waals surface area contributed by atoms with E-state index in [2.05, 4.69) is 21.2 Å². The van der Waals surface area contributed by atoms with Crippen LogP contribution >= 0.6 is 15.9 Å². The minimum atomic E-state index is -0.679. The third-order valence-corrected chi connectivity index (χ3v) is 6.26. The van der Waals surface area contributed by atoms with Crippen molar-refractivity contribution in [2.24, 2.45) is 0 Å². The minimum absolute atomic E-state index is 0.132. The van der Waals surface area contributed by atoms with Gasteiger partial charge in [0.2, 0.25) is 11.8 Å². The van der Waals surface area contributed by atoms with Gasteiger partial charge in [-0.05, 0) is 49.1 Å². The maximum Gasteiger partial charge on any atom is 0.259 e. The average Bonchev–Trinajstić information content (AvgIpc) is 3.06. The van der Waals surface area contributed by atoms with Crippen molar-refractivity contribution in [1.29, 1.82) is 0 Å². The van der Waals surface area contributed by atoms with Gasteiger partial charge in [-0.3, -0.25) is 19.3 Å². The van der Waals surface area contributed by atoms with Gasteiger partial charge in [0.05, 0.1) is 5.69 Å². The molecule has 1 aliphatic heterocycles. The number of hydrogen-bond acceptors (Lipinski definition) is 3. The number of anilines is 1. The van der Waals surface area contributed by atoms with Crippen LogP contribution in [0.25, 0.3) is 10.8 Å². The van der Waals surface area contributed by atoms with E-state index in [1.165, 1.54) is 9.80 Å². The largest absolute Gasteiger partial charge is 0.355 e. The molecule has 3 amide bonds. The molecule has 0 fully saturated rings. The molecular formula is C25H24BrN3O3. The van der Waals surface area contributed by atoms with E-state index in [9.17, 15) is 14.4 Å². The summed E-state index contributed by atoms with van der Waals surface area (Å²) in [5.74, 6) is -0.708. The molecule has 3 aromatic carbocycles. The van der Waals surface area contributed by atoms with Crippen LogP contribution in [0.15, 0.2) is 65.1 Å². The number of hydrogen-bond donors (Lipinski definition) is 1. The second-order valence-corrected chi connectivity index (χ2v) is 8.71. The molecule has 0 radical (unpaired) electrons. The topological polar surface area (TPSA) is 69.7 Å². The van der Waals surface area contributed by atoms with Gasteiger partial charge in [0, 0.05) is 28.5 Å². The monoisotopic (exact) mass is 493 g/mol. The molecule has 4 rings (SSSR count). The van der Waals surface area contributed by atoms with E-state index >= 15 is 0 Å². The van der Waals surface area contributed by atoms with Crippen LogP contribution in [0, 0.1) is 0 Å². The maximum atomic E-state index is 13.5. The normalized spacial score (nSPS) is 13.3. The van der Waals surface area contributed by atoms with Crippen molar-refractivity contribution in [3.8, 4) is 0 Å². The van der Waals surface area contributed by atoms with E-state index in [0.717, 1.165) is 26.5 Å². The lowest BCUT2D eigenvalue weighted by Gasteiger charge is -2.30. The van der Waals surface area contributed by atoms with Gasteiger partial charge in [-0.15, -0.1) is 0 Å². The zero-order valence-electron chi connectivity index (χ0n) is 18.0. The number of benzene rings is 3. The SMILES string of the molecule is CCNC(=O)[C@@H](C)N(Cc1ccc(Br)cc1)C(=O)CN1C(=O)c2cccc3cccc1c23. The number of carbonyl (C=O) groups excluding carboxylic acids is 3. The highest BCUT2D eigenvalue weighted by Crippen LogP contribution is 2.37. The first-order chi connectivity index (χ1) is 15.4. The fourth-order valence-electron chi connectivity index (χ4n) is 4.05. The summed E-state index contributed by atoms with van der Waals surface area (Å²) in [5.41, 5.74) is 2.23. The molecular weight excluding hydrogens is 470 g/mol. The highest BCUT2D eigenvalue weighted by atomic mass is 79.9. The molecule has 0 bridgehead atoms. The Morgan fingerprint density at radius 1 is 1.06 bits per heavy atom. The molecule has 0 saturated carbocycles. The van der Waals surface area contributed by atoms with Gasteiger partial charge in [0.15, 0.2) is 0 Å². The number of nitrogens with one attached hydrogen (secondary N) is 1. The number of halogens is 1. The molecule has 32 heavy (non-hydrogen) atoms. The lowest BCUT2D eigenvalue weighted by Crippen LogP contribution is -2.50. The summed E-state index contributed by atoms with van der Waals surface area (Å²) < 4.78 is 0.935. The van der Waals surface area contributed by atoms with Gasteiger partial charge in [0.25, 0.3) is 5.91 Å². The van der Waals surface area contributed by atoms with Crippen molar-refractivity contribution in [2.75, 3.05) is 18.0 Å². The first kappa shape index (κ1) is 22.0. The van der Waals surface area contributed by atoms with Gasteiger partial charge >= 0.3 is 0 Å². The molecule has 0 unspecified atom stereocenters. The van der Waals surface area contributed by atoms with Crippen molar-refractivity contribution in [1.82, 2.24) is 10.2 Å². The summed E-state index contributed by atoms with van der Waals surface area (Å²) in [5, 5.41) is 4.62. The number of carbonyl (C=O) groups is 3. The second kappa shape index (κ2) is 9.12. The summed E-state index contributed by atoms with van der Waals surface area (Å²) >= 11 is 3.42. The van der Waals surface area contributed by atoms with Crippen LogP contribution in [0.4, 0.5) is 5.69 Å². The van der Waals surface area contributed by atoms with Crippen molar-refractivity contribution >= 4 is 50.1 Å². The summed E-state index contributed by atoms with van der Waals surface area (Å²) in [7, 11) is 0. The molecule has 1 N–H and O–H groups in total. The Morgan fingerprint density at radius 2 is 1.75 bits per heavy atom. The van der Waals surface area contributed by atoms with Gasteiger partial charge in [0.1, 0.15) is 12.6 Å². The fourth-order valence-corrected chi connectivity index (χ4v) is 4.32. The number of nitrogens with zero attached hydrogens (tertiary/aromatic N) is 2. The average molecular weight is 494 g/mol. The highest BCUT2D eigenvalue weighted by molar-refractivity contribution is 9.10. The zero-order chi connectivity index (χ0) is 22.8. The van der Waals surface area contributed by atoms with Gasteiger partial charge in [-0.2, -0.15) is 0 Å². The van der Waals surface area contributed by atoms with E-state index in [1.54, 1.807) is 13.0 Å². The minimum Gasteiger partial charge on any atom is -0.355 e. The molecule has 0 spiro atoms. The predicted octanol–water partition coefficient (Wildman–Crippen LogP) is 4.12. The standard InChI is InChI=1S/C25H24BrN3O3/c1-3-27-24(31)16(2)28(14-17-10-12-19(26)13-11-17)22(30)15-29-21-9-5-7-18-6-4-8-20(23(18)21)25(29)32/h4-13,16H,3,14-15H2,1-2H3,(H,27,31)/t16-/m1/s1. The summed E-state index contributed by atoms with van der Waals surface area (Å²) in [6.07, 6.45) is 0. The molecule has 1 heterocycles. The Bertz CT molecular complexity index is 1190. The Morgan fingerprint density at radius 3 is 2.44 bits per heavy atom. The molecule has 0 aromatic heterocycles. The number of rotatable bonds is 7. The second-order valence-electron chi connectivity index (χ2n) is 7.79. The Labute approximate surface area is 195 Å². The predicted molar refractivity (Wildman–Crippen MR) is 128 cm³/mol. The first-order valence-corrected chi connectivity index (χ1v) is 11.3. The molecule has 6 nitrogen and oxygen atoms in total. The van der Waals surface area contributed by atoms with Crippen molar-refractivity contribution in [2.45, 2.75) is 26.4 Å². The highest BCUT2D eigenvalue weighted by Gasteiger charge is 2.34. The smallest absolute Gasteiger partial charge is 0.259 e. The van der Waals surface area contributed by atoms with Crippen molar-refractivity contribution < 1.29 is 14.4 Å². The van der Waals surface area contributed by atoms with Crippen LogP contribution in [-0.2, 0) is 16.1 Å². The van der Waals surface area contributed by atoms with Crippen LogP contribution in [0.1, 0.15) is 29.8 Å². The van der Waals surface area contributed by atoms with Crippen LogP contribution in [0.3, 0.4) is 0 Å². The lowest BCUT2D eigenvalue weighted by atomic mass is 10.1. The Kier molecular flexibility index (Phi) is 6.28. The van der Waals surface area contributed by atoms with E-state index in [4.69, 9.17) is 0 Å². The van der Waals surface area contributed by atoms with Gasteiger partial charge < -0.3 is 10.2 Å². The van der Waals surface area contributed by atoms with Crippen LogP contribution < -0.4 is 10.2 Å². The Balaban J connectivity index is 1.62. The molecule has 3 aromatic rings. The number of likely N-dealkylation sites (N-methyl/N-ethyl adjacent to an activating group) is 1. The van der Waals surface area contributed by atoms with Gasteiger partial charge in [-0.25, -0.2) is 0 Å². The van der Waals surface area contributed by atoms with E-state index < -0.39 is 6.04 Å². The molecule has 0 aliphatic carbocycles. The summed E-state index contributed by atoms with van der Waals surface area (Å²) in [6, 6.07) is 18.2. The lowest BCUT2D eigenvalue weighted by molar-refractivity contribution is -0.139.